The summed E-state index contributed by atoms with van der Waals surface area (Å²) >= 11 is 3.39. The Morgan fingerprint density at radius 2 is 1.74 bits per heavy atom. The summed E-state index contributed by atoms with van der Waals surface area (Å²) in [6.07, 6.45) is -0.158. The van der Waals surface area contributed by atoms with Crippen molar-refractivity contribution >= 4 is 33.6 Å². The molecule has 122 valence electrons. The summed E-state index contributed by atoms with van der Waals surface area (Å²) in [6.45, 7) is 0. The molecule has 0 saturated heterocycles. The van der Waals surface area contributed by atoms with Crippen molar-refractivity contribution in [3.63, 3.8) is 0 Å². The molecular formula is C16H16BrNO5. The number of fused-ring (bicyclic) bond motifs is 1. The summed E-state index contributed by atoms with van der Waals surface area (Å²) in [5.74, 6) is -2.06. The topological polar surface area (TPSA) is 74.2 Å². The molecule has 0 unspecified atom stereocenters. The van der Waals surface area contributed by atoms with E-state index < -0.39 is 23.9 Å². The molecule has 1 heterocycles. The van der Waals surface area contributed by atoms with E-state index in [2.05, 4.69) is 21.1 Å². The predicted molar refractivity (Wildman–Crippen MR) is 84.7 cm³/mol. The molecule has 7 heteroatoms. The van der Waals surface area contributed by atoms with Crippen LogP contribution in [0.1, 0.15) is 12.0 Å². The number of rotatable bonds is 3. The maximum absolute atomic E-state index is 12.2. The summed E-state index contributed by atoms with van der Waals surface area (Å²) in [7, 11) is 2.67. The van der Waals surface area contributed by atoms with Gasteiger partial charge in [0.15, 0.2) is 0 Å². The monoisotopic (exact) mass is 381 g/mol. The fraction of sp³-hybridized carbons (Fsp3) is 0.438. The Balaban J connectivity index is 1.94. The summed E-state index contributed by atoms with van der Waals surface area (Å²) in [6, 6.07) is 7.58. The van der Waals surface area contributed by atoms with Crippen molar-refractivity contribution in [3.8, 4) is 0 Å². The molecule has 0 amide bonds. The van der Waals surface area contributed by atoms with E-state index in [4.69, 9.17) is 14.3 Å². The highest BCUT2D eigenvalue weighted by atomic mass is 79.9. The number of nitrogens with zero attached hydrogens (tertiary/aromatic N) is 1. The van der Waals surface area contributed by atoms with Gasteiger partial charge in [-0.3, -0.25) is 9.59 Å². The Kier molecular flexibility index (Phi) is 4.39. The van der Waals surface area contributed by atoms with Gasteiger partial charge in [0.25, 0.3) is 0 Å². The zero-order valence-corrected chi connectivity index (χ0v) is 14.3. The molecule has 1 aliphatic heterocycles. The largest absolute Gasteiger partial charge is 0.469 e. The van der Waals surface area contributed by atoms with Crippen LogP contribution in [0.25, 0.3) is 0 Å². The number of methoxy groups -OCH3 is 2. The van der Waals surface area contributed by atoms with Crippen LogP contribution in [-0.4, -0.2) is 38.0 Å². The maximum atomic E-state index is 12.2. The Morgan fingerprint density at radius 1 is 1.13 bits per heavy atom. The van der Waals surface area contributed by atoms with Crippen molar-refractivity contribution in [1.29, 1.82) is 0 Å². The van der Waals surface area contributed by atoms with Gasteiger partial charge < -0.3 is 14.3 Å². The first-order valence-electron chi connectivity index (χ1n) is 7.22. The average molecular weight is 382 g/mol. The standard InChI is InChI=1S/C16H16BrNO5/c1-21-15(19)10-7-11(16(20)22-2)14-12(10)13(18-23-14)8-3-5-9(17)6-4-8/h3-6,10-12,14H,7H2,1-2H3/t10-,11+,12+,14+/m0/s1. The van der Waals surface area contributed by atoms with Gasteiger partial charge in [-0.25, -0.2) is 0 Å². The second kappa shape index (κ2) is 6.31. The number of carbonyl (C=O) groups excluding carboxylic acids is 2. The minimum atomic E-state index is -0.522. The highest BCUT2D eigenvalue weighted by molar-refractivity contribution is 9.10. The molecule has 1 aromatic rings. The second-order valence-electron chi connectivity index (χ2n) is 5.57. The number of hydrogen-bond acceptors (Lipinski definition) is 6. The van der Waals surface area contributed by atoms with Gasteiger partial charge in [-0.1, -0.05) is 33.2 Å². The van der Waals surface area contributed by atoms with Crippen LogP contribution in [0, 0.1) is 17.8 Å². The lowest BCUT2D eigenvalue weighted by Crippen LogP contribution is -2.32. The van der Waals surface area contributed by atoms with E-state index in [1.54, 1.807) is 0 Å². The molecular weight excluding hydrogens is 366 g/mol. The van der Waals surface area contributed by atoms with Crippen molar-refractivity contribution in [1.82, 2.24) is 0 Å². The Morgan fingerprint density at radius 3 is 2.35 bits per heavy atom. The zero-order valence-electron chi connectivity index (χ0n) is 12.7. The number of oxime groups is 1. The molecule has 0 N–H and O–H groups in total. The van der Waals surface area contributed by atoms with E-state index in [0.717, 1.165) is 10.0 Å². The van der Waals surface area contributed by atoms with Gasteiger partial charge >= 0.3 is 11.9 Å². The van der Waals surface area contributed by atoms with Crippen LogP contribution in [0.15, 0.2) is 33.9 Å². The molecule has 6 nitrogen and oxygen atoms in total. The van der Waals surface area contributed by atoms with Crippen molar-refractivity contribution in [2.75, 3.05) is 14.2 Å². The molecule has 0 aromatic heterocycles. The van der Waals surface area contributed by atoms with E-state index in [1.807, 2.05) is 24.3 Å². The van der Waals surface area contributed by atoms with Crippen LogP contribution >= 0.6 is 15.9 Å². The van der Waals surface area contributed by atoms with Crippen LogP contribution in [0.3, 0.4) is 0 Å². The number of benzene rings is 1. The number of ether oxygens (including phenoxy) is 2. The van der Waals surface area contributed by atoms with Gasteiger partial charge in [-0.15, -0.1) is 0 Å². The van der Waals surface area contributed by atoms with Gasteiger partial charge in [-0.2, -0.15) is 0 Å². The van der Waals surface area contributed by atoms with Crippen LogP contribution in [0.4, 0.5) is 0 Å². The van der Waals surface area contributed by atoms with E-state index in [0.29, 0.717) is 12.1 Å². The number of esters is 2. The van der Waals surface area contributed by atoms with Crippen molar-refractivity contribution in [2.45, 2.75) is 12.5 Å². The fourth-order valence-corrected chi connectivity index (χ4v) is 3.60. The highest BCUT2D eigenvalue weighted by Gasteiger charge is 2.57. The molecule has 1 aliphatic carbocycles. The van der Waals surface area contributed by atoms with Gasteiger partial charge in [0, 0.05) is 4.47 Å². The van der Waals surface area contributed by atoms with E-state index in [1.165, 1.54) is 14.2 Å². The van der Waals surface area contributed by atoms with Gasteiger partial charge in [0.1, 0.15) is 6.10 Å². The Bertz CT molecular complexity index is 657. The minimum absolute atomic E-state index is 0.312. The third-order valence-corrected chi connectivity index (χ3v) is 4.96. The first kappa shape index (κ1) is 16.0. The van der Waals surface area contributed by atoms with Crippen LogP contribution in [0.2, 0.25) is 0 Å². The van der Waals surface area contributed by atoms with E-state index in [-0.39, 0.29) is 11.9 Å². The first-order chi connectivity index (χ1) is 11.1. The van der Waals surface area contributed by atoms with Gasteiger partial charge in [-0.05, 0) is 24.1 Å². The summed E-state index contributed by atoms with van der Waals surface area (Å²) in [4.78, 5) is 29.6. The number of halogens is 1. The molecule has 1 fully saturated rings. The highest BCUT2D eigenvalue weighted by Crippen LogP contribution is 2.45. The zero-order chi connectivity index (χ0) is 16.6. The third kappa shape index (κ3) is 2.73. The van der Waals surface area contributed by atoms with E-state index in [9.17, 15) is 9.59 Å². The lowest BCUT2D eigenvalue weighted by atomic mass is 9.87. The van der Waals surface area contributed by atoms with Crippen LogP contribution < -0.4 is 0 Å². The lowest BCUT2D eigenvalue weighted by molar-refractivity contribution is -0.149. The average Bonchev–Trinajstić information content (AvgIpc) is 3.14. The molecule has 0 bridgehead atoms. The predicted octanol–water partition coefficient (Wildman–Crippen LogP) is 2.15. The molecule has 0 spiro atoms. The SMILES string of the molecule is COC(=O)[C@H]1C[C@@H](C(=O)OC)[C@H]2ON=C(c3ccc(Br)cc3)[C@H]21. The van der Waals surface area contributed by atoms with E-state index >= 15 is 0 Å². The van der Waals surface area contributed by atoms with Crippen LogP contribution in [-0.2, 0) is 23.9 Å². The second-order valence-corrected chi connectivity index (χ2v) is 6.49. The van der Waals surface area contributed by atoms with Crippen molar-refractivity contribution in [2.24, 2.45) is 22.9 Å². The van der Waals surface area contributed by atoms with Gasteiger partial charge in [0.2, 0.25) is 0 Å². The lowest BCUT2D eigenvalue weighted by Gasteiger charge is -2.17. The Hall–Kier alpha value is -1.89. The smallest absolute Gasteiger partial charge is 0.312 e. The fourth-order valence-electron chi connectivity index (χ4n) is 3.34. The van der Waals surface area contributed by atoms with Crippen LogP contribution in [0.5, 0.6) is 0 Å². The molecule has 4 atom stereocenters. The third-order valence-electron chi connectivity index (χ3n) is 4.43. The molecule has 3 rings (SSSR count). The minimum Gasteiger partial charge on any atom is -0.469 e. The quantitative estimate of drug-likeness (QED) is 0.749. The first-order valence-corrected chi connectivity index (χ1v) is 8.01. The molecule has 0 radical (unpaired) electrons. The van der Waals surface area contributed by atoms with Crippen molar-refractivity contribution < 1.29 is 23.9 Å². The number of carbonyl (C=O) groups is 2. The molecule has 23 heavy (non-hydrogen) atoms. The maximum Gasteiger partial charge on any atom is 0.312 e. The van der Waals surface area contributed by atoms with Crippen molar-refractivity contribution in [3.05, 3.63) is 34.3 Å². The Labute approximate surface area is 141 Å². The van der Waals surface area contributed by atoms with Gasteiger partial charge in [0.05, 0.1) is 37.7 Å². The molecule has 1 saturated carbocycles. The normalized spacial score (nSPS) is 28.6. The molecule has 2 aliphatic rings. The molecule has 1 aromatic carbocycles. The summed E-state index contributed by atoms with van der Waals surface area (Å²) in [5.41, 5.74) is 1.53. The number of hydrogen-bond donors (Lipinski definition) is 0. The summed E-state index contributed by atoms with van der Waals surface area (Å²) < 4.78 is 10.7. The summed E-state index contributed by atoms with van der Waals surface area (Å²) in [5, 5.41) is 4.14.